The fourth-order valence-corrected chi connectivity index (χ4v) is 3.08. The van der Waals surface area contributed by atoms with Crippen molar-refractivity contribution in [1.82, 2.24) is 14.6 Å². The quantitative estimate of drug-likeness (QED) is 0.759. The van der Waals surface area contributed by atoms with E-state index in [1.54, 1.807) is 6.92 Å². The van der Waals surface area contributed by atoms with E-state index in [4.69, 9.17) is 0 Å². The summed E-state index contributed by atoms with van der Waals surface area (Å²) in [6, 6.07) is 6.16. The van der Waals surface area contributed by atoms with Crippen molar-refractivity contribution in [3.05, 3.63) is 58.5 Å². The smallest absolute Gasteiger partial charge is 0.288 e. The Kier molecular flexibility index (Phi) is 3.21. The van der Waals surface area contributed by atoms with Gasteiger partial charge >= 0.3 is 0 Å². The number of aromatic amines is 1. The van der Waals surface area contributed by atoms with Crippen LogP contribution in [0.2, 0.25) is 0 Å². The highest BCUT2D eigenvalue weighted by Gasteiger charge is 2.18. The van der Waals surface area contributed by atoms with Crippen LogP contribution < -0.4 is 10.3 Å². The summed E-state index contributed by atoms with van der Waals surface area (Å²) in [7, 11) is -3.90. The van der Waals surface area contributed by atoms with Crippen molar-refractivity contribution in [2.24, 2.45) is 0 Å². The average Bonchev–Trinajstić information content (AvgIpc) is 2.93. The van der Waals surface area contributed by atoms with E-state index < -0.39 is 21.4 Å². The Hall–Kier alpha value is -2.68. The molecule has 0 aliphatic rings. The molecule has 9 heteroatoms. The second-order valence-electron chi connectivity index (χ2n) is 4.64. The lowest BCUT2D eigenvalue weighted by atomic mass is 10.3. The van der Waals surface area contributed by atoms with Crippen LogP contribution in [0.3, 0.4) is 0 Å². The maximum atomic E-state index is 12.8. The van der Waals surface area contributed by atoms with Crippen LogP contribution in [-0.4, -0.2) is 23.0 Å². The molecule has 0 fully saturated rings. The van der Waals surface area contributed by atoms with Crippen LogP contribution in [0.4, 0.5) is 10.1 Å². The Bertz CT molecular complexity index is 1010. The zero-order chi connectivity index (χ0) is 15.9. The standard InChI is InChI=1S/C13H11FN4O3S/c1-8-15-16-13(19)12-6-11(7-18(8)12)22(20,21)17-10-4-2-9(14)3-5-10/h2-7,17H,1H3,(H,16,19). The van der Waals surface area contributed by atoms with Crippen molar-refractivity contribution in [1.29, 1.82) is 0 Å². The number of rotatable bonds is 3. The first kappa shape index (κ1) is 14.3. The van der Waals surface area contributed by atoms with Crippen molar-refractivity contribution < 1.29 is 12.8 Å². The van der Waals surface area contributed by atoms with Gasteiger partial charge in [-0.15, -0.1) is 0 Å². The fraction of sp³-hybridized carbons (Fsp3) is 0.0769. The van der Waals surface area contributed by atoms with E-state index >= 15 is 0 Å². The number of aromatic nitrogens is 3. The average molecular weight is 322 g/mol. The molecule has 2 aromatic heterocycles. The van der Waals surface area contributed by atoms with Crippen molar-refractivity contribution in [2.75, 3.05) is 4.72 Å². The van der Waals surface area contributed by atoms with E-state index in [9.17, 15) is 17.6 Å². The third-order valence-electron chi connectivity index (χ3n) is 3.10. The molecule has 2 heterocycles. The monoisotopic (exact) mass is 322 g/mol. The third kappa shape index (κ3) is 2.46. The number of sulfonamides is 1. The summed E-state index contributed by atoms with van der Waals surface area (Å²) in [4.78, 5) is 11.6. The van der Waals surface area contributed by atoms with Crippen LogP contribution in [0, 0.1) is 12.7 Å². The van der Waals surface area contributed by atoms with E-state index in [0.29, 0.717) is 5.82 Å². The van der Waals surface area contributed by atoms with Gasteiger partial charge in [0.1, 0.15) is 22.1 Å². The lowest BCUT2D eigenvalue weighted by molar-refractivity contribution is 0.601. The van der Waals surface area contributed by atoms with Crippen molar-refractivity contribution >= 4 is 21.2 Å². The number of hydrogen-bond donors (Lipinski definition) is 2. The molecule has 2 N–H and O–H groups in total. The van der Waals surface area contributed by atoms with Crippen molar-refractivity contribution in [3.8, 4) is 0 Å². The minimum absolute atomic E-state index is 0.0848. The summed E-state index contributed by atoms with van der Waals surface area (Å²) in [6.07, 6.45) is 1.30. The Morgan fingerprint density at radius 3 is 2.59 bits per heavy atom. The molecule has 0 saturated carbocycles. The normalized spacial score (nSPS) is 11.7. The number of nitrogens with one attached hydrogen (secondary N) is 2. The van der Waals surface area contributed by atoms with E-state index in [0.717, 1.165) is 12.1 Å². The van der Waals surface area contributed by atoms with E-state index in [2.05, 4.69) is 14.9 Å². The molecule has 0 spiro atoms. The van der Waals surface area contributed by atoms with E-state index in [1.807, 2.05) is 0 Å². The molecule has 1 aromatic carbocycles. The topological polar surface area (TPSA) is 96.3 Å². The Morgan fingerprint density at radius 2 is 1.95 bits per heavy atom. The molecule has 3 rings (SSSR count). The van der Waals surface area contributed by atoms with Gasteiger partial charge in [0.25, 0.3) is 15.6 Å². The minimum atomic E-state index is -3.90. The molecule has 0 unspecified atom stereocenters. The molecule has 22 heavy (non-hydrogen) atoms. The Balaban J connectivity index is 2.06. The molecule has 3 aromatic rings. The zero-order valence-electron chi connectivity index (χ0n) is 11.4. The van der Waals surface area contributed by atoms with Gasteiger partial charge in [0.2, 0.25) is 0 Å². The molecule has 0 amide bonds. The van der Waals surface area contributed by atoms with E-state index in [-0.39, 0.29) is 16.1 Å². The SMILES string of the molecule is Cc1n[nH]c(=O)c2cc(S(=O)(=O)Nc3ccc(F)cc3)cn12. The predicted octanol–water partition coefficient (Wildman–Crippen LogP) is 1.27. The van der Waals surface area contributed by atoms with Gasteiger partial charge in [0.05, 0.1) is 0 Å². The lowest BCUT2D eigenvalue weighted by Gasteiger charge is -2.05. The van der Waals surface area contributed by atoms with Gasteiger partial charge in [-0.05, 0) is 37.3 Å². The maximum Gasteiger partial charge on any atom is 0.288 e. The number of fused-ring (bicyclic) bond motifs is 1. The first-order valence-corrected chi connectivity index (χ1v) is 7.71. The number of hydrogen-bond acceptors (Lipinski definition) is 4. The van der Waals surface area contributed by atoms with Gasteiger partial charge in [-0.25, -0.2) is 17.9 Å². The van der Waals surface area contributed by atoms with Crippen LogP contribution in [0.15, 0.2) is 46.2 Å². The highest BCUT2D eigenvalue weighted by molar-refractivity contribution is 7.92. The summed E-state index contributed by atoms with van der Waals surface area (Å²) in [5, 5.41) is 6.04. The van der Waals surface area contributed by atoms with Gasteiger partial charge in [-0.2, -0.15) is 5.10 Å². The number of anilines is 1. The maximum absolute atomic E-state index is 12.8. The zero-order valence-corrected chi connectivity index (χ0v) is 12.2. The van der Waals surface area contributed by atoms with Crippen LogP contribution in [0.5, 0.6) is 0 Å². The Morgan fingerprint density at radius 1 is 1.27 bits per heavy atom. The number of halogens is 1. The summed E-state index contributed by atoms with van der Waals surface area (Å²) in [5.41, 5.74) is -0.0961. The number of H-pyrrole nitrogens is 1. The number of nitrogens with zero attached hydrogens (tertiary/aromatic N) is 2. The molecule has 0 radical (unpaired) electrons. The number of aryl methyl sites for hydroxylation is 1. The van der Waals surface area contributed by atoms with E-state index in [1.165, 1.54) is 28.8 Å². The van der Waals surface area contributed by atoms with Crippen LogP contribution >= 0.6 is 0 Å². The van der Waals surface area contributed by atoms with Crippen LogP contribution in [-0.2, 0) is 10.0 Å². The van der Waals surface area contributed by atoms with Gasteiger partial charge in [0, 0.05) is 11.9 Å². The molecular formula is C13H11FN4O3S. The van der Waals surface area contributed by atoms with Crippen LogP contribution in [0.1, 0.15) is 5.82 Å². The molecule has 0 saturated heterocycles. The van der Waals surface area contributed by atoms with Gasteiger partial charge < -0.3 is 0 Å². The lowest BCUT2D eigenvalue weighted by Crippen LogP contribution is -2.12. The molecular weight excluding hydrogens is 311 g/mol. The predicted molar refractivity (Wildman–Crippen MR) is 77.8 cm³/mol. The fourth-order valence-electron chi connectivity index (χ4n) is 2.00. The molecule has 0 bridgehead atoms. The van der Waals surface area contributed by atoms with Gasteiger partial charge in [-0.1, -0.05) is 0 Å². The molecule has 0 aliphatic heterocycles. The summed E-state index contributed by atoms with van der Waals surface area (Å²) in [5.74, 6) is -0.0244. The highest BCUT2D eigenvalue weighted by Crippen LogP contribution is 2.18. The largest absolute Gasteiger partial charge is 0.298 e. The van der Waals surface area contributed by atoms with Gasteiger partial charge in [0.15, 0.2) is 0 Å². The summed E-state index contributed by atoms with van der Waals surface area (Å²) in [6.45, 7) is 1.63. The summed E-state index contributed by atoms with van der Waals surface area (Å²) >= 11 is 0. The van der Waals surface area contributed by atoms with Crippen molar-refractivity contribution in [2.45, 2.75) is 11.8 Å². The third-order valence-corrected chi connectivity index (χ3v) is 4.45. The first-order chi connectivity index (χ1) is 10.4. The molecule has 114 valence electrons. The molecule has 0 aliphatic carbocycles. The Labute approximate surface area is 124 Å². The highest BCUT2D eigenvalue weighted by atomic mass is 32.2. The van der Waals surface area contributed by atoms with Crippen molar-refractivity contribution in [3.63, 3.8) is 0 Å². The minimum Gasteiger partial charge on any atom is -0.298 e. The number of benzene rings is 1. The van der Waals surface area contributed by atoms with Crippen LogP contribution in [0.25, 0.3) is 5.52 Å². The summed E-state index contributed by atoms with van der Waals surface area (Å²) < 4.78 is 41.2. The molecule has 0 atom stereocenters. The van der Waals surface area contributed by atoms with Gasteiger partial charge in [-0.3, -0.25) is 13.9 Å². The second kappa shape index (κ2) is 4.95. The molecule has 7 nitrogen and oxygen atoms in total. The second-order valence-corrected chi connectivity index (χ2v) is 6.33. The first-order valence-electron chi connectivity index (χ1n) is 6.22.